The third-order valence-corrected chi connectivity index (χ3v) is 3.62. The van der Waals surface area contributed by atoms with Crippen LogP contribution in [0.5, 0.6) is 0 Å². The van der Waals surface area contributed by atoms with Gasteiger partial charge >= 0.3 is 5.97 Å². The predicted molar refractivity (Wildman–Crippen MR) is 60.7 cm³/mol. The molecule has 0 aliphatic carbocycles. The highest BCUT2D eigenvalue weighted by molar-refractivity contribution is 7.07. The maximum absolute atomic E-state index is 13.7. The van der Waals surface area contributed by atoms with Gasteiger partial charge in [-0.2, -0.15) is 11.3 Å². The quantitative estimate of drug-likeness (QED) is 0.888. The Morgan fingerprint density at radius 3 is 2.88 bits per heavy atom. The van der Waals surface area contributed by atoms with Gasteiger partial charge in [-0.15, -0.1) is 0 Å². The molecule has 1 fully saturated rings. The number of carbonyl (C=O) groups excluding carboxylic acids is 1. The van der Waals surface area contributed by atoms with Crippen molar-refractivity contribution < 1.29 is 19.1 Å². The number of carbonyl (C=O) groups is 2. The highest BCUT2D eigenvalue weighted by Gasteiger charge is 2.46. The molecule has 0 bridgehead atoms. The lowest BCUT2D eigenvalue weighted by Gasteiger charge is -2.17. The van der Waals surface area contributed by atoms with E-state index in [1.807, 2.05) is 16.8 Å². The van der Waals surface area contributed by atoms with E-state index in [2.05, 4.69) is 0 Å². The highest BCUT2D eigenvalue weighted by Crippen LogP contribution is 2.26. The lowest BCUT2D eigenvalue weighted by atomic mass is 10.1. The van der Waals surface area contributed by atoms with Crippen molar-refractivity contribution in [2.75, 3.05) is 13.1 Å². The maximum Gasteiger partial charge on any atom is 0.343 e. The van der Waals surface area contributed by atoms with Crippen molar-refractivity contribution in [2.24, 2.45) is 0 Å². The van der Waals surface area contributed by atoms with Crippen LogP contribution in [0.1, 0.15) is 12.0 Å². The van der Waals surface area contributed by atoms with Crippen molar-refractivity contribution in [3.05, 3.63) is 22.4 Å². The summed E-state index contributed by atoms with van der Waals surface area (Å²) in [5.41, 5.74) is -1.39. The first-order chi connectivity index (χ1) is 8.01. The number of likely N-dealkylation sites (tertiary alicyclic amines) is 1. The van der Waals surface area contributed by atoms with E-state index in [-0.39, 0.29) is 31.8 Å². The molecule has 0 spiro atoms. The lowest BCUT2D eigenvalue weighted by Crippen LogP contribution is -2.39. The van der Waals surface area contributed by atoms with E-state index in [0.29, 0.717) is 0 Å². The smallest absolute Gasteiger partial charge is 0.343 e. The Morgan fingerprint density at radius 2 is 2.35 bits per heavy atom. The highest BCUT2D eigenvalue weighted by atomic mass is 32.1. The number of carboxylic acids is 1. The molecule has 0 radical (unpaired) electrons. The number of carboxylic acid groups (broad SMARTS) is 1. The molecular weight excluding hydrogens is 245 g/mol. The van der Waals surface area contributed by atoms with Gasteiger partial charge in [0.2, 0.25) is 11.6 Å². The normalized spacial score (nSPS) is 23.9. The molecule has 1 saturated heterocycles. The standard InChI is InChI=1S/C11H12FNO3S/c12-11(10(15)16)2-3-13(7-11)9(14)5-8-1-4-17-6-8/h1,4,6H,2-3,5,7H2,(H,15,16). The number of alkyl halides is 1. The van der Waals surface area contributed by atoms with E-state index in [1.165, 1.54) is 16.2 Å². The predicted octanol–water partition coefficient (Wildman–Crippen LogP) is 1.32. The molecule has 0 saturated carbocycles. The summed E-state index contributed by atoms with van der Waals surface area (Å²) in [7, 11) is 0. The molecule has 1 amide bonds. The monoisotopic (exact) mass is 257 g/mol. The summed E-state index contributed by atoms with van der Waals surface area (Å²) in [5.74, 6) is -1.70. The second kappa shape index (κ2) is 4.44. The van der Waals surface area contributed by atoms with Crippen molar-refractivity contribution in [1.29, 1.82) is 0 Å². The molecule has 1 aromatic rings. The van der Waals surface area contributed by atoms with Crippen LogP contribution >= 0.6 is 11.3 Å². The Morgan fingerprint density at radius 1 is 1.59 bits per heavy atom. The fraction of sp³-hybridized carbons (Fsp3) is 0.455. The molecule has 1 atom stereocenters. The molecule has 2 rings (SSSR count). The Labute approximate surface area is 102 Å². The van der Waals surface area contributed by atoms with Gasteiger partial charge in [-0.05, 0) is 22.4 Å². The third kappa shape index (κ3) is 2.46. The molecule has 4 nitrogen and oxygen atoms in total. The van der Waals surface area contributed by atoms with Gasteiger partial charge in [0.15, 0.2) is 0 Å². The van der Waals surface area contributed by atoms with E-state index in [1.54, 1.807) is 0 Å². The Hall–Kier alpha value is -1.43. The number of hydrogen-bond acceptors (Lipinski definition) is 3. The Balaban J connectivity index is 1.97. The number of halogens is 1. The summed E-state index contributed by atoms with van der Waals surface area (Å²) in [6.45, 7) is -0.170. The molecule has 0 aromatic carbocycles. The summed E-state index contributed by atoms with van der Waals surface area (Å²) >= 11 is 1.49. The average Bonchev–Trinajstić information content (AvgIpc) is 2.88. The van der Waals surface area contributed by atoms with Crippen molar-refractivity contribution in [3.63, 3.8) is 0 Å². The number of hydrogen-bond donors (Lipinski definition) is 1. The molecule has 2 heterocycles. The van der Waals surface area contributed by atoms with Crippen LogP contribution in [-0.2, 0) is 16.0 Å². The maximum atomic E-state index is 13.7. The van der Waals surface area contributed by atoms with Crippen LogP contribution < -0.4 is 0 Å². The van der Waals surface area contributed by atoms with Gasteiger partial charge < -0.3 is 10.0 Å². The van der Waals surface area contributed by atoms with Crippen molar-refractivity contribution in [1.82, 2.24) is 4.90 Å². The Bertz CT molecular complexity index is 434. The molecular formula is C11H12FNO3S. The van der Waals surface area contributed by atoms with Crippen LogP contribution in [0.15, 0.2) is 16.8 Å². The summed E-state index contributed by atoms with van der Waals surface area (Å²) in [6, 6.07) is 1.83. The van der Waals surface area contributed by atoms with Crippen LogP contribution in [0.3, 0.4) is 0 Å². The third-order valence-electron chi connectivity index (χ3n) is 2.89. The van der Waals surface area contributed by atoms with E-state index in [9.17, 15) is 14.0 Å². The molecule has 1 unspecified atom stereocenters. The number of nitrogens with zero attached hydrogens (tertiary/aromatic N) is 1. The largest absolute Gasteiger partial charge is 0.479 e. The first kappa shape index (κ1) is 12.0. The molecule has 1 N–H and O–H groups in total. The fourth-order valence-electron chi connectivity index (χ4n) is 1.84. The van der Waals surface area contributed by atoms with Crippen LogP contribution in [0, 0.1) is 0 Å². The molecule has 17 heavy (non-hydrogen) atoms. The zero-order valence-electron chi connectivity index (χ0n) is 9.06. The molecule has 6 heteroatoms. The van der Waals surface area contributed by atoms with Crippen LogP contribution in [0.2, 0.25) is 0 Å². The summed E-state index contributed by atoms with van der Waals surface area (Å²) in [6.07, 6.45) is 0.0803. The SMILES string of the molecule is O=C(Cc1ccsc1)N1CCC(F)(C(=O)O)C1. The summed E-state index contributed by atoms with van der Waals surface area (Å²) in [4.78, 5) is 23.8. The van der Waals surface area contributed by atoms with E-state index < -0.39 is 11.6 Å². The molecule has 1 aliphatic heterocycles. The van der Waals surface area contributed by atoms with Gasteiger partial charge in [0.1, 0.15) is 0 Å². The Kier molecular flexibility index (Phi) is 3.15. The second-order valence-corrected chi connectivity index (χ2v) is 4.92. The zero-order valence-corrected chi connectivity index (χ0v) is 9.87. The van der Waals surface area contributed by atoms with Gasteiger partial charge in [0.25, 0.3) is 0 Å². The topological polar surface area (TPSA) is 57.6 Å². The van der Waals surface area contributed by atoms with E-state index >= 15 is 0 Å². The van der Waals surface area contributed by atoms with Crippen LogP contribution in [-0.4, -0.2) is 40.6 Å². The van der Waals surface area contributed by atoms with Gasteiger partial charge in [0.05, 0.1) is 13.0 Å². The van der Waals surface area contributed by atoms with E-state index in [0.717, 1.165) is 5.56 Å². The molecule has 92 valence electrons. The summed E-state index contributed by atoms with van der Waals surface area (Å²) in [5, 5.41) is 12.4. The number of rotatable bonds is 3. The summed E-state index contributed by atoms with van der Waals surface area (Å²) < 4.78 is 13.7. The second-order valence-electron chi connectivity index (χ2n) is 4.14. The lowest BCUT2D eigenvalue weighted by molar-refractivity contribution is -0.150. The minimum Gasteiger partial charge on any atom is -0.479 e. The fourth-order valence-corrected chi connectivity index (χ4v) is 2.51. The minimum absolute atomic E-state index is 0.127. The van der Waals surface area contributed by atoms with Crippen molar-refractivity contribution in [3.8, 4) is 0 Å². The molecule has 1 aromatic heterocycles. The van der Waals surface area contributed by atoms with Crippen molar-refractivity contribution in [2.45, 2.75) is 18.5 Å². The van der Waals surface area contributed by atoms with Crippen molar-refractivity contribution >= 4 is 23.2 Å². The van der Waals surface area contributed by atoms with Crippen LogP contribution in [0.25, 0.3) is 0 Å². The number of thiophene rings is 1. The van der Waals surface area contributed by atoms with Gasteiger partial charge in [0, 0.05) is 13.0 Å². The van der Waals surface area contributed by atoms with Gasteiger partial charge in [-0.1, -0.05) is 0 Å². The first-order valence-corrected chi connectivity index (χ1v) is 6.17. The average molecular weight is 257 g/mol. The van der Waals surface area contributed by atoms with E-state index in [4.69, 9.17) is 5.11 Å². The minimum atomic E-state index is -2.27. The zero-order chi connectivity index (χ0) is 12.5. The van der Waals surface area contributed by atoms with Crippen LogP contribution in [0.4, 0.5) is 4.39 Å². The van der Waals surface area contributed by atoms with Gasteiger partial charge in [-0.3, -0.25) is 4.79 Å². The molecule has 1 aliphatic rings. The number of amides is 1. The van der Waals surface area contributed by atoms with Gasteiger partial charge in [-0.25, -0.2) is 9.18 Å². The first-order valence-electron chi connectivity index (χ1n) is 5.22. The number of aliphatic carboxylic acids is 1.